The third kappa shape index (κ3) is 9.11. The van der Waals surface area contributed by atoms with Crippen molar-refractivity contribution in [2.75, 3.05) is 32.8 Å². The summed E-state index contributed by atoms with van der Waals surface area (Å²) in [5, 5.41) is 6.49. The Hall–Kier alpha value is -4.51. The maximum atomic E-state index is 14.8. The van der Waals surface area contributed by atoms with E-state index in [9.17, 15) is 32.0 Å². The van der Waals surface area contributed by atoms with E-state index in [-0.39, 0.29) is 31.4 Å². The fourth-order valence-corrected chi connectivity index (χ4v) is 10.5. The predicted molar refractivity (Wildman–Crippen MR) is 229 cm³/mol. The molecule has 338 valence electrons. The zero-order valence-corrected chi connectivity index (χ0v) is 37.1. The third-order valence-corrected chi connectivity index (χ3v) is 15.8. The van der Waals surface area contributed by atoms with Gasteiger partial charge in [-0.15, -0.1) is 6.58 Å². The van der Waals surface area contributed by atoms with Crippen LogP contribution < -0.4 is 24.8 Å². The largest absolute Gasteiger partial charge is 0.492 e. The zero-order valence-electron chi connectivity index (χ0n) is 36.3. The van der Waals surface area contributed by atoms with Crippen molar-refractivity contribution in [2.45, 2.75) is 139 Å². The average Bonchev–Trinajstić information content (AvgIpc) is 4.16. The molecule has 3 aliphatic heterocycles. The highest BCUT2D eigenvalue weighted by Gasteiger charge is 2.63. The number of hydrogen-bond acceptors (Lipinski definition) is 11. The second-order valence-electron chi connectivity index (χ2n) is 19.7. The Bertz CT molecular complexity index is 2210. The summed E-state index contributed by atoms with van der Waals surface area (Å²) in [6.07, 6.45) is 5.53. The lowest BCUT2D eigenvalue weighted by molar-refractivity contribution is -0.142. The Labute approximate surface area is 363 Å². The first-order chi connectivity index (χ1) is 29.4. The number of sulfonamides is 1. The van der Waals surface area contributed by atoms with Crippen molar-refractivity contribution in [1.82, 2.24) is 30.1 Å². The van der Waals surface area contributed by atoms with Crippen LogP contribution in [0.5, 0.6) is 11.6 Å². The number of ether oxygens (including phenoxy) is 3. The molecule has 2 aromatic rings. The minimum Gasteiger partial charge on any atom is -0.492 e. The third-order valence-electron chi connectivity index (χ3n) is 13.7. The molecule has 15 nitrogen and oxygen atoms in total. The molecule has 5 fully saturated rings. The van der Waals surface area contributed by atoms with E-state index in [4.69, 9.17) is 19.2 Å². The van der Waals surface area contributed by atoms with Crippen LogP contribution in [0.15, 0.2) is 36.9 Å². The van der Waals surface area contributed by atoms with Crippen LogP contribution in [-0.4, -0.2) is 121 Å². The van der Waals surface area contributed by atoms with Crippen molar-refractivity contribution in [3.05, 3.63) is 42.5 Å². The molecule has 1 aromatic carbocycles. The van der Waals surface area contributed by atoms with Crippen LogP contribution in [-0.2, 0) is 35.6 Å². The fourth-order valence-electron chi connectivity index (χ4n) is 9.14. The number of nitrogens with one attached hydrogen (secondary N) is 3. The number of carbonyl (C=O) groups is 4. The molecule has 0 radical (unpaired) electrons. The highest BCUT2D eigenvalue weighted by molar-refractivity contribution is 7.91. The molecule has 3 aliphatic carbocycles. The van der Waals surface area contributed by atoms with Gasteiger partial charge >= 0.3 is 6.09 Å². The van der Waals surface area contributed by atoms with E-state index in [1.165, 1.54) is 11.0 Å². The number of pyridine rings is 1. The fraction of sp³-hybridized carbons (Fsp3) is 0.667. The van der Waals surface area contributed by atoms with Crippen molar-refractivity contribution < 1.29 is 46.2 Å². The lowest BCUT2D eigenvalue weighted by Gasteiger charge is -2.35. The van der Waals surface area contributed by atoms with Gasteiger partial charge in [0.1, 0.15) is 41.8 Å². The summed E-state index contributed by atoms with van der Waals surface area (Å²) < 4.78 is 60.2. The maximum absolute atomic E-state index is 14.8. The molecule has 1 aromatic heterocycles. The summed E-state index contributed by atoms with van der Waals surface area (Å²) >= 11 is 0. The molecule has 2 bridgehead atoms. The second-order valence-corrected chi connectivity index (χ2v) is 21.9. The van der Waals surface area contributed by atoms with E-state index in [1.807, 2.05) is 45.0 Å². The molecule has 7 atom stereocenters. The van der Waals surface area contributed by atoms with Crippen LogP contribution in [0, 0.1) is 17.3 Å². The number of rotatable bonds is 11. The summed E-state index contributed by atoms with van der Waals surface area (Å²) in [6, 6.07) is 5.37. The number of hydrogen-bond donors (Lipinski definition) is 3. The van der Waals surface area contributed by atoms with E-state index < -0.39 is 79.8 Å². The number of alkyl halides is 1. The Kier molecular flexibility index (Phi) is 12.0. The van der Waals surface area contributed by atoms with Gasteiger partial charge in [-0.1, -0.05) is 51.8 Å². The first-order valence-corrected chi connectivity index (χ1v) is 23.8. The highest BCUT2D eigenvalue weighted by atomic mass is 32.2. The average molecular weight is 881 g/mol. The minimum atomic E-state index is -4.02. The summed E-state index contributed by atoms with van der Waals surface area (Å²) in [4.78, 5) is 65.1. The molecular formula is C45H61FN6O9S. The molecule has 0 spiro atoms. The van der Waals surface area contributed by atoms with Gasteiger partial charge < -0.3 is 29.7 Å². The SMILES string of the molecule is C=C[C@@H]1C[C@]1(NC(=O)[C@@H]1C[C@@H]2CN1C(=O)[C@H](C(C)(C)C)NC(=O)O[C@@H]1C[C@H]1CCCCCc1c(nc3ccccc3c1OCCCN1CC(F)C1)O2)C(=O)NS(=O)(=O)C1(C)CC1. The molecule has 3 saturated carbocycles. The molecule has 4 amide bonds. The number of carbonyl (C=O) groups excluding carboxylic acids is 4. The summed E-state index contributed by atoms with van der Waals surface area (Å²) in [6.45, 7) is 12.8. The van der Waals surface area contributed by atoms with Gasteiger partial charge in [-0.3, -0.25) is 24.0 Å². The van der Waals surface area contributed by atoms with Crippen molar-refractivity contribution >= 4 is 44.7 Å². The van der Waals surface area contributed by atoms with Crippen LogP contribution in [0.25, 0.3) is 10.9 Å². The zero-order chi connectivity index (χ0) is 44.2. The van der Waals surface area contributed by atoms with Crippen molar-refractivity contribution in [1.29, 1.82) is 0 Å². The van der Waals surface area contributed by atoms with Crippen LogP contribution in [0.1, 0.15) is 97.5 Å². The summed E-state index contributed by atoms with van der Waals surface area (Å²) in [7, 11) is -4.02. The Morgan fingerprint density at radius 3 is 2.55 bits per heavy atom. The van der Waals surface area contributed by atoms with Gasteiger partial charge in [0.05, 0.1) is 29.0 Å². The van der Waals surface area contributed by atoms with Gasteiger partial charge in [0.15, 0.2) is 0 Å². The molecule has 17 heteroatoms. The second kappa shape index (κ2) is 16.9. The molecule has 4 heterocycles. The maximum Gasteiger partial charge on any atom is 0.408 e. The van der Waals surface area contributed by atoms with Crippen LogP contribution in [0.2, 0.25) is 0 Å². The molecule has 0 unspecified atom stereocenters. The van der Waals surface area contributed by atoms with E-state index in [0.29, 0.717) is 69.1 Å². The predicted octanol–water partition coefficient (Wildman–Crippen LogP) is 4.71. The number of alkyl carbamates (subject to hydrolysis) is 1. The van der Waals surface area contributed by atoms with Gasteiger partial charge in [0, 0.05) is 37.4 Å². The Morgan fingerprint density at radius 2 is 1.85 bits per heavy atom. The number of likely N-dealkylation sites (tertiary alicyclic amines) is 1. The standard InChI is InChI=1S/C45H61FN6O9S/c1-6-28-23-45(28,41(55)50-62(57,58)44(5)17-18-44)49-38(53)34-22-30-26-52(34)40(54)37(43(2,3)4)48-42(56)61-35-21-27(35)13-8-7-9-15-32-36(59-20-12-19-51-24-29(46)25-51)31-14-10-11-16-33(31)47-39(32)60-30/h6,10-11,14,16,27-30,34-35,37H,1,7-9,12-13,15,17-26H2,2-5H3,(H,48,56)(H,49,53)(H,50,55)/t27-,28-,30-,34+,35-,37-,45-/m1/s1. The number of aromatic nitrogens is 1. The topological polar surface area (TPSA) is 186 Å². The molecular weight excluding hydrogens is 820 g/mol. The first kappa shape index (κ1) is 44.1. The highest BCUT2D eigenvalue weighted by Crippen LogP contribution is 2.47. The Morgan fingerprint density at radius 1 is 1.10 bits per heavy atom. The van der Waals surface area contributed by atoms with E-state index in [1.54, 1.807) is 6.92 Å². The number of halogens is 1. The minimum absolute atomic E-state index is 0.00496. The lowest BCUT2D eigenvalue weighted by Crippen LogP contribution is -2.60. The van der Waals surface area contributed by atoms with E-state index in [2.05, 4.69) is 26.8 Å². The van der Waals surface area contributed by atoms with Gasteiger partial charge in [-0.2, -0.15) is 0 Å². The normalized spacial score (nSPS) is 30.2. The van der Waals surface area contributed by atoms with E-state index >= 15 is 0 Å². The molecule has 2 saturated heterocycles. The van der Waals surface area contributed by atoms with Gasteiger partial charge in [-0.05, 0) is 81.8 Å². The van der Waals surface area contributed by atoms with Crippen molar-refractivity contribution in [3.8, 4) is 11.6 Å². The van der Waals surface area contributed by atoms with Gasteiger partial charge in [0.25, 0.3) is 5.91 Å². The number of amides is 4. The first-order valence-electron chi connectivity index (χ1n) is 22.3. The van der Waals surface area contributed by atoms with Crippen molar-refractivity contribution in [3.63, 3.8) is 0 Å². The monoisotopic (exact) mass is 880 g/mol. The van der Waals surface area contributed by atoms with Crippen LogP contribution in [0.3, 0.4) is 0 Å². The van der Waals surface area contributed by atoms with Crippen LogP contribution >= 0.6 is 0 Å². The van der Waals surface area contributed by atoms with Crippen LogP contribution in [0.4, 0.5) is 9.18 Å². The number of para-hydroxylation sites is 1. The number of nitrogens with zero attached hydrogens (tertiary/aromatic N) is 3. The molecule has 8 rings (SSSR count). The smallest absolute Gasteiger partial charge is 0.408 e. The summed E-state index contributed by atoms with van der Waals surface area (Å²) in [5.41, 5.74) is -0.981. The van der Waals surface area contributed by atoms with Gasteiger partial charge in [0.2, 0.25) is 27.7 Å². The Balaban J connectivity index is 1.12. The molecule has 3 N–H and O–H groups in total. The lowest BCUT2D eigenvalue weighted by atomic mass is 9.85. The number of benzene rings is 1. The quantitative estimate of drug-likeness (QED) is 0.210. The molecule has 62 heavy (non-hydrogen) atoms. The summed E-state index contributed by atoms with van der Waals surface area (Å²) in [5.74, 6) is -1.39. The van der Waals surface area contributed by atoms with Gasteiger partial charge in [-0.25, -0.2) is 22.6 Å². The van der Waals surface area contributed by atoms with Crippen molar-refractivity contribution in [2.24, 2.45) is 17.3 Å². The number of fused-ring (bicyclic) bond motifs is 5. The molecule has 6 aliphatic rings. The van der Waals surface area contributed by atoms with E-state index in [0.717, 1.165) is 43.1 Å².